The zero-order valence-electron chi connectivity index (χ0n) is 19.6. The summed E-state index contributed by atoms with van der Waals surface area (Å²) >= 11 is 0. The first kappa shape index (κ1) is 26.4. The van der Waals surface area contributed by atoms with Gasteiger partial charge in [-0.15, -0.1) is 24.0 Å². The van der Waals surface area contributed by atoms with Gasteiger partial charge in [0, 0.05) is 44.4 Å². The van der Waals surface area contributed by atoms with Gasteiger partial charge in [0.1, 0.15) is 5.76 Å². The maximum Gasteiger partial charge on any atom is 0.219 e. The van der Waals surface area contributed by atoms with Crippen molar-refractivity contribution in [3.63, 3.8) is 0 Å². The average Bonchev–Trinajstić information content (AvgIpc) is 3.23. The fourth-order valence-corrected chi connectivity index (χ4v) is 3.21. The molecule has 0 aliphatic rings. The van der Waals surface area contributed by atoms with Crippen molar-refractivity contribution in [3.8, 4) is 17.4 Å². The van der Waals surface area contributed by atoms with Crippen LogP contribution in [0.5, 0.6) is 17.4 Å². The van der Waals surface area contributed by atoms with Crippen LogP contribution >= 0.6 is 24.0 Å². The van der Waals surface area contributed by atoms with Gasteiger partial charge < -0.3 is 24.6 Å². The summed E-state index contributed by atoms with van der Waals surface area (Å²) in [4.78, 5) is 8.71. The van der Waals surface area contributed by atoms with E-state index in [0.717, 1.165) is 35.4 Å². The second-order valence-electron chi connectivity index (χ2n) is 7.00. The molecule has 2 heterocycles. The second kappa shape index (κ2) is 13.7. The highest BCUT2D eigenvalue weighted by molar-refractivity contribution is 14.0. The lowest BCUT2D eigenvalue weighted by molar-refractivity contribution is 0.319. The molecule has 0 spiro atoms. The number of aromatic nitrogens is 2. The van der Waals surface area contributed by atoms with Crippen molar-refractivity contribution in [2.75, 3.05) is 13.7 Å². The maximum atomic E-state index is 5.88. The topological polar surface area (TPSA) is 93.8 Å². The van der Waals surface area contributed by atoms with Crippen LogP contribution in [0, 0.1) is 0 Å². The molecule has 2 aromatic heterocycles. The van der Waals surface area contributed by atoms with Gasteiger partial charge in [-0.1, -0.05) is 37.2 Å². The first-order valence-corrected chi connectivity index (χ1v) is 10.9. The Bertz CT molecular complexity index is 1000. The van der Waals surface area contributed by atoms with E-state index in [-0.39, 0.29) is 24.0 Å². The standard InChI is InChI=1S/C24H31N5O3.HI/c1-5-19-18(20(6-2)32-29-19)16-28-24(25-4)27-15-17-12-13-23(26-14-17)31-22-11-9-8-10-21(22)30-7-3;/h8-14H,5-7,15-16H2,1-4H3,(H2,25,27,28);1H. The van der Waals surface area contributed by atoms with Crippen LogP contribution in [0.25, 0.3) is 0 Å². The summed E-state index contributed by atoms with van der Waals surface area (Å²) in [5.74, 6) is 3.46. The Morgan fingerprint density at radius 2 is 1.76 bits per heavy atom. The van der Waals surface area contributed by atoms with Gasteiger partial charge in [-0.3, -0.25) is 4.99 Å². The summed E-state index contributed by atoms with van der Waals surface area (Å²) in [6, 6.07) is 11.4. The van der Waals surface area contributed by atoms with Crippen molar-refractivity contribution in [3.05, 3.63) is 65.2 Å². The van der Waals surface area contributed by atoms with E-state index in [9.17, 15) is 0 Å². The van der Waals surface area contributed by atoms with E-state index in [1.165, 1.54) is 0 Å². The van der Waals surface area contributed by atoms with Gasteiger partial charge in [-0.25, -0.2) is 4.98 Å². The van der Waals surface area contributed by atoms with Crippen LogP contribution in [-0.4, -0.2) is 29.8 Å². The number of hydrogen-bond acceptors (Lipinski definition) is 6. The quantitative estimate of drug-likeness (QED) is 0.206. The highest BCUT2D eigenvalue weighted by atomic mass is 127. The van der Waals surface area contributed by atoms with E-state index in [0.29, 0.717) is 43.0 Å². The van der Waals surface area contributed by atoms with Crippen LogP contribution in [0.1, 0.15) is 43.4 Å². The molecule has 3 rings (SSSR count). The molecule has 1 aromatic carbocycles. The number of ether oxygens (including phenoxy) is 2. The largest absolute Gasteiger partial charge is 0.490 e. The number of aliphatic imine (C=N–C) groups is 1. The number of rotatable bonds is 10. The van der Waals surface area contributed by atoms with Gasteiger partial charge in [-0.2, -0.15) is 0 Å². The van der Waals surface area contributed by atoms with Crippen LogP contribution in [0.3, 0.4) is 0 Å². The lowest BCUT2D eigenvalue weighted by atomic mass is 10.1. The van der Waals surface area contributed by atoms with Crippen molar-refractivity contribution in [1.29, 1.82) is 0 Å². The van der Waals surface area contributed by atoms with Gasteiger partial charge in [0.15, 0.2) is 17.5 Å². The molecule has 0 aliphatic carbocycles. The summed E-state index contributed by atoms with van der Waals surface area (Å²) in [5.41, 5.74) is 3.09. The molecule has 0 amide bonds. The third-order valence-corrected chi connectivity index (χ3v) is 4.88. The number of aryl methyl sites for hydroxylation is 2. The minimum Gasteiger partial charge on any atom is -0.490 e. The lowest BCUT2D eigenvalue weighted by Crippen LogP contribution is -2.36. The van der Waals surface area contributed by atoms with E-state index in [2.05, 4.69) is 39.6 Å². The van der Waals surface area contributed by atoms with Gasteiger partial charge in [0.25, 0.3) is 0 Å². The molecule has 2 N–H and O–H groups in total. The summed E-state index contributed by atoms with van der Waals surface area (Å²) in [6.45, 7) is 7.84. The Hall–Kier alpha value is -2.82. The molecule has 3 aromatic rings. The van der Waals surface area contributed by atoms with E-state index < -0.39 is 0 Å². The number of pyridine rings is 1. The molecule has 0 fully saturated rings. The molecule has 8 nitrogen and oxygen atoms in total. The number of para-hydroxylation sites is 2. The molecule has 0 aliphatic heterocycles. The Morgan fingerprint density at radius 1 is 1.00 bits per heavy atom. The first-order valence-electron chi connectivity index (χ1n) is 10.9. The fourth-order valence-electron chi connectivity index (χ4n) is 3.21. The second-order valence-corrected chi connectivity index (χ2v) is 7.00. The number of guanidine groups is 1. The van der Waals surface area contributed by atoms with E-state index >= 15 is 0 Å². The van der Waals surface area contributed by atoms with Crippen molar-refractivity contribution in [1.82, 2.24) is 20.8 Å². The van der Waals surface area contributed by atoms with Gasteiger partial charge in [-0.05, 0) is 31.0 Å². The van der Waals surface area contributed by atoms with E-state index in [1.54, 1.807) is 13.2 Å². The first-order chi connectivity index (χ1) is 15.7. The summed E-state index contributed by atoms with van der Waals surface area (Å²) in [5, 5.41) is 10.8. The Morgan fingerprint density at radius 3 is 2.39 bits per heavy atom. The molecule has 178 valence electrons. The van der Waals surface area contributed by atoms with Crippen LogP contribution in [0.4, 0.5) is 0 Å². The van der Waals surface area contributed by atoms with Crippen molar-refractivity contribution >= 4 is 29.9 Å². The Labute approximate surface area is 212 Å². The zero-order chi connectivity index (χ0) is 22.8. The molecule has 0 bridgehead atoms. The molecule has 0 saturated heterocycles. The number of nitrogens with one attached hydrogen (secondary N) is 2. The van der Waals surface area contributed by atoms with Gasteiger partial charge in [0.05, 0.1) is 12.3 Å². The molecular weight excluding hydrogens is 533 g/mol. The van der Waals surface area contributed by atoms with Gasteiger partial charge >= 0.3 is 0 Å². The Kier molecular flexibility index (Phi) is 10.9. The maximum absolute atomic E-state index is 5.88. The van der Waals surface area contributed by atoms with Crippen LogP contribution in [0.15, 0.2) is 52.1 Å². The predicted molar refractivity (Wildman–Crippen MR) is 140 cm³/mol. The van der Waals surface area contributed by atoms with E-state index in [1.807, 2.05) is 43.3 Å². The predicted octanol–water partition coefficient (Wildman–Crippen LogP) is 4.87. The average molecular weight is 565 g/mol. The summed E-state index contributed by atoms with van der Waals surface area (Å²) in [6.07, 6.45) is 3.43. The normalized spacial score (nSPS) is 11.0. The smallest absolute Gasteiger partial charge is 0.219 e. The monoisotopic (exact) mass is 565 g/mol. The van der Waals surface area contributed by atoms with Crippen LogP contribution in [0.2, 0.25) is 0 Å². The zero-order valence-corrected chi connectivity index (χ0v) is 21.9. The fraction of sp³-hybridized carbons (Fsp3) is 0.375. The summed E-state index contributed by atoms with van der Waals surface area (Å²) in [7, 11) is 1.75. The molecule has 0 saturated carbocycles. The van der Waals surface area contributed by atoms with Crippen molar-refractivity contribution in [2.24, 2.45) is 4.99 Å². The van der Waals surface area contributed by atoms with Crippen molar-refractivity contribution < 1.29 is 14.0 Å². The molecule has 0 atom stereocenters. The number of hydrogen-bond donors (Lipinski definition) is 2. The van der Waals surface area contributed by atoms with Crippen LogP contribution < -0.4 is 20.1 Å². The van der Waals surface area contributed by atoms with E-state index in [4.69, 9.17) is 14.0 Å². The molecular formula is C24H32IN5O3. The number of benzene rings is 1. The highest BCUT2D eigenvalue weighted by Crippen LogP contribution is 2.30. The minimum atomic E-state index is 0. The summed E-state index contributed by atoms with van der Waals surface area (Å²) < 4.78 is 16.9. The molecule has 0 radical (unpaired) electrons. The SMILES string of the molecule is CCOc1ccccc1Oc1ccc(CNC(=NC)NCc2c(CC)noc2CC)cn1.I. The molecule has 9 heteroatoms. The third kappa shape index (κ3) is 7.34. The molecule has 0 unspecified atom stereocenters. The molecule has 33 heavy (non-hydrogen) atoms. The van der Waals surface area contributed by atoms with Crippen LogP contribution in [-0.2, 0) is 25.9 Å². The number of nitrogens with zero attached hydrogens (tertiary/aromatic N) is 3. The van der Waals surface area contributed by atoms with Gasteiger partial charge in [0.2, 0.25) is 5.88 Å². The number of halogens is 1. The third-order valence-electron chi connectivity index (χ3n) is 4.88. The minimum absolute atomic E-state index is 0. The lowest BCUT2D eigenvalue weighted by Gasteiger charge is -2.13. The highest BCUT2D eigenvalue weighted by Gasteiger charge is 2.13. The Balaban J connectivity index is 0.00000385. The van der Waals surface area contributed by atoms with Crippen molar-refractivity contribution in [2.45, 2.75) is 46.7 Å².